The number of anilines is 1. The van der Waals surface area contributed by atoms with Gasteiger partial charge in [-0.15, -0.1) is 5.10 Å². The Morgan fingerprint density at radius 2 is 2.09 bits per heavy atom. The van der Waals surface area contributed by atoms with Crippen LogP contribution in [0.2, 0.25) is 0 Å². The molecule has 1 aliphatic rings. The van der Waals surface area contributed by atoms with Crippen molar-refractivity contribution in [1.82, 2.24) is 35.7 Å². The number of hydrazone groups is 1. The number of nitrogens with one attached hydrogen (secondary N) is 1. The molecular formula is C19H15N9O4. The number of hydrogen-bond donors (Lipinski definition) is 2. The summed E-state index contributed by atoms with van der Waals surface area (Å²) in [5, 5.41) is 19.5. The van der Waals surface area contributed by atoms with Crippen LogP contribution in [-0.2, 0) is 0 Å². The first-order chi connectivity index (χ1) is 15.6. The number of pyridine rings is 1. The first-order valence-corrected chi connectivity index (χ1v) is 9.31. The predicted molar refractivity (Wildman–Crippen MR) is 109 cm³/mol. The molecule has 1 amide bonds. The quantitative estimate of drug-likeness (QED) is 0.344. The van der Waals surface area contributed by atoms with Crippen molar-refractivity contribution in [2.75, 3.05) is 12.5 Å². The number of ether oxygens (including phenoxy) is 2. The summed E-state index contributed by atoms with van der Waals surface area (Å²) in [4.78, 5) is 17.0. The Labute approximate surface area is 179 Å². The molecule has 4 aromatic rings. The number of aromatic nitrogens is 6. The highest BCUT2D eigenvalue weighted by Gasteiger charge is 2.26. The lowest BCUT2D eigenvalue weighted by molar-refractivity contribution is 0.0950. The number of nitrogens with two attached hydrogens (primary N) is 1. The van der Waals surface area contributed by atoms with Gasteiger partial charge >= 0.3 is 0 Å². The summed E-state index contributed by atoms with van der Waals surface area (Å²) in [5.74, 6) is 0.562. The summed E-state index contributed by atoms with van der Waals surface area (Å²) in [6.45, 7) is 1.85. The number of rotatable bonds is 5. The number of carbonyl (C=O) groups excluding carboxylic acids is 1. The average Bonchev–Trinajstić information content (AvgIpc) is 3.56. The van der Waals surface area contributed by atoms with Crippen molar-refractivity contribution >= 4 is 17.4 Å². The number of nitrogens with zero attached hydrogens (tertiary/aromatic N) is 7. The van der Waals surface area contributed by atoms with Crippen LogP contribution in [0.25, 0.3) is 17.1 Å². The molecule has 0 saturated heterocycles. The van der Waals surface area contributed by atoms with E-state index in [1.54, 1.807) is 43.6 Å². The lowest BCUT2D eigenvalue weighted by atomic mass is 10.1. The van der Waals surface area contributed by atoms with Crippen LogP contribution in [-0.4, -0.2) is 48.7 Å². The first kappa shape index (κ1) is 19.2. The van der Waals surface area contributed by atoms with E-state index in [1.165, 1.54) is 4.68 Å². The molecule has 3 aromatic heterocycles. The lowest BCUT2D eigenvalue weighted by Crippen LogP contribution is -2.21. The van der Waals surface area contributed by atoms with Crippen LogP contribution in [0.15, 0.2) is 52.5 Å². The van der Waals surface area contributed by atoms with E-state index in [2.05, 4.69) is 40.8 Å². The summed E-state index contributed by atoms with van der Waals surface area (Å²) >= 11 is 0. The van der Waals surface area contributed by atoms with Gasteiger partial charge in [-0.2, -0.15) is 9.78 Å². The summed E-state index contributed by atoms with van der Waals surface area (Å²) < 4.78 is 16.7. The molecule has 0 unspecified atom stereocenters. The minimum absolute atomic E-state index is 0.0192. The van der Waals surface area contributed by atoms with E-state index in [-0.39, 0.29) is 29.8 Å². The maximum absolute atomic E-state index is 13.0. The molecule has 13 nitrogen and oxygen atoms in total. The fourth-order valence-electron chi connectivity index (χ4n) is 3.05. The lowest BCUT2D eigenvalue weighted by Gasteiger charge is -2.07. The summed E-state index contributed by atoms with van der Waals surface area (Å²) in [6, 6.07) is 8.74. The highest BCUT2D eigenvalue weighted by atomic mass is 16.7. The molecule has 0 bridgehead atoms. The minimum Gasteiger partial charge on any atom is -0.454 e. The zero-order valence-corrected chi connectivity index (χ0v) is 16.6. The zero-order valence-electron chi connectivity index (χ0n) is 16.6. The van der Waals surface area contributed by atoms with Gasteiger partial charge < -0.3 is 15.2 Å². The Kier molecular flexibility index (Phi) is 4.67. The van der Waals surface area contributed by atoms with Gasteiger partial charge in [0.15, 0.2) is 17.2 Å². The number of fused-ring (bicyclic) bond motifs is 1. The molecule has 0 saturated carbocycles. The third-order valence-corrected chi connectivity index (χ3v) is 4.63. The second kappa shape index (κ2) is 7.79. The predicted octanol–water partition coefficient (Wildman–Crippen LogP) is 1.18. The molecule has 0 aliphatic carbocycles. The molecule has 4 heterocycles. The van der Waals surface area contributed by atoms with Gasteiger partial charge in [-0.1, -0.05) is 11.3 Å². The molecular weight excluding hydrogens is 418 g/mol. The van der Waals surface area contributed by atoms with Gasteiger partial charge in [-0.05, 0) is 41.5 Å². The van der Waals surface area contributed by atoms with Gasteiger partial charge in [0.1, 0.15) is 5.69 Å². The van der Waals surface area contributed by atoms with E-state index in [0.29, 0.717) is 22.8 Å². The van der Waals surface area contributed by atoms with E-state index in [1.807, 2.05) is 6.07 Å². The summed E-state index contributed by atoms with van der Waals surface area (Å²) in [7, 11) is 0. The van der Waals surface area contributed by atoms with E-state index in [4.69, 9.17) is 15.2 Å². The first-order valence-electron chi connectivity index (χ1n) is 9.31. The smallest absolute Gasteiger partial charge is 0.294 e. The molecule has 32 heavy (non-hydrogen) atoms. The molecule has 0 fully saturated rings. The van der Waals surface area contributed by atoms with Crippen LogP contribution in [0.1, 0.15) is 23.0 Å². The molecule has 0 atom stereocenters. The third kappa shape index (κ3) is 3.36. The van der Waals surface area contributed by atoms with Crippen LogP contribution >= 0.6 is 0 Å². The Balaban J connectivity index is 1.55. The molecule has 3 N–H and O–H groups in total. The van der Waals surface area contributed by atoms with Gasteiger partial charge in [0.25, 0.3) is 5.91 Å². The van der Waals surface area contributed by atoms with Crippen molar-refractivity contribution in [2.24, 2.45) is 5.10 Å². The second-order valence-electron chi connectivity index (χ2n) is 6.62. The zero-order chi connectivity index (χ0) is 22.1. The number of carbonyl (C=O) groups is 1. The third-order valence-electron chi connectivity index (χ3n) is 4.63. The number of nitrogen functional groups attached to an aromatic ring is 1. The standard InChI is InChI=1S/C19H15N9O4/c1-10(12-3-2-6-21-8-12)22-24-19(29)15-16(11-4-5-13-14(7-11)31-9-30-13)28(27-23-15)18-17(20)25-32-26-18/h2-8H,9H2,1H3,(H2,20,25)(H,24,29). The summed E-state index contributed by atoms with van der Waals surface area (Å²) in [6.07, 6.45) is 3.29. The van der Waals surface area contributed by atoms with Crippen molar-refractivity contribution in [3.05, 3.63) is 54.0 Å². The minimum atomic E-state index is -0.595. The van der Waals surface area contributed by atoms with Crippen molar-refractivity contribution in [3.63, 3.8) is 0 Å². The van der Waals surface area contributed by atoms with E-state index in [9.17, 15) is 4.79 Å². The van der Waals surface area contributed by atoms with Crippen LogP contribution in [0, 0.1) is 0 Å². The Hall–Kier alpha value is -4.81. The van der Waals surface area contributed by atoms with E-state index >= 15 is 0 Å². The normalized spacial score (nSPS) is 12.7. The fourth-order valence-corrected chi connectivity index (χ4v) is 3.05. The number of benzene rings is 1. The van der Waals surface area contributed by atoms with Crippen LogP contribution in [0.5, 0.6) is 11.5 Å². The van der Waals surface area contributed by atoms with Gasteiger partial charge in [0, 0.05) is 23.5 Å². The van der Waals surface area contributed by atoms with E-state index in [0.717, 1.165) is 5.56 Å². The maximum atomic E-state index is 13.0. The SMILES string of the molecule is CC(=NNC(=O)c1nnn(-c2nonc2N)c1-c1ccc2c(c1)OCO2)c1cccnc1. The molecule has 1 aliphatic heterocycles. The Morgan fingerprint density at radius 3 is 2.88 bits per heavy atom. The molecule has 1 aromatic carbocycles. The molecule has 5 rings (SSSR count). The molecule has 13 heteroatoms. The Morgan fingerprint density at radius 1 is 1.22 bits per heavy atom. The summed E-state index contributed by atoms with van der Waals surface area (Å²) in [5.41, 5.74) is 10.5. The molecule has 160 valence electrons. The maximum Gasteiger partial charge on any atom is 0.294 e. The van der Waals surface area contributed by atoms with Crippen molar-refractivity contribution < 1.29 is 18.9 Å². The topological polar surface area (TPSA) is 168 Å². The van der Waals surface area contributed by atoms with Crippen LogP contribution < -0.4 is 20.6 Å². The van der Waals surface area contributed by atoms with Gasteiger partial charge in [0.05, 0.1) is 5.71 Å². The number of amides is 1. The highest BCUT2D eigenvalue weighted by Crippen LogP contribution is 2.37. The highest BCUT2D eigenvalue weighted by molar-refractivity contribution is 6.02. The van der Waals surface area contributed by atoms with Crippen LogP contribution in [0.4, 0.5) is 5.82 Å². The molecule has 0 radical (unpaired) electrons. The van der Waals surface area contributed by atoms with Crippen molar-refractivity contribution in [3.8, 4) is 28.6 Å². The molecule has 0 spiro atoms. The van der Waals surface area contributed by atoms with Crippen LogP contribution in [0.3, 0.4) is 0 Å². The van der Waals surface area contributed by atoms with Crippen molar-refractivity contribution in [2.45, 2.75) is 6.92 Å². The largest absolute Gasteiger partial charge is 0.454 e. The average molecular weight is 433 g/mol. The monoisotopic (exact) mass is 433 g/mol. The van der Waals surface area contributed by atoms with Gasteiger partial charge in [-0.3, -0.25) is 9.78 Å². The second-order valence-corrected chi connectivity index (χ2v) is 6.62. The Bertz CT molecular complexity index is 1330. The fraction of sp³-hybridized carbons (Fsp3) is 0.105. The van der Waals surface area contributed by atoms with Gasteiger partial charge in [0.2, 0.25) is 18.4 Å². The van der Waals surface area contributed by atoms with Gasteiger partial charge in [-0.25, -0.2) is 10.1 Å². The number of hydrogen-bond acceptors (Lipinski definition) is 11. The van der Waals surface area contributed by atoms with E-state index < -0.39 is 5.91 Å². The van der Waals surface area contributed by atoms with Crippen molar-refractivity contribution in [1.29, 1.82) is 0 Å².